The van der Waals surface area contributed by atoms with Gasteiger partial charge in [0, 0.05) is 13.1 Å². The fraction of sp³-hybridized carbons (Fsp3) is 0.500. The molecule has 0 aromatic carbocycles. The van der Waals surface area contributed by atoms with E-state index in [1.807, 2.05) is 31.0 Å². The van der Waals surface area contributed by atoms with E-state index < -0.39 is 0 Å². The Hall–Kier alpha value is -2.31. The van der Waals surface area contributed by atoms with Crippen molar-refractivity contribution in [3.63, 3.8) is 0 Å². The van der Waals surface area contributed by atoms with Crippen molar-refractivity contribution in [3.8, 4) is 0 Å². The van der Waals surface area contributed by atoms with Crippen LogP contribution in [0.25, 0.3) is 0 Å². The average molecular weight is 289 g/mol. The summed E-state index contributed by atoms with van der Waals surface area (Å²) in [6, 6.07) is 3.74. The van der Waals surface area contributed by atoms with Gasteiger partial charge in [-0.25, -0.2) is 4.79 Å². The first kappa shape index (κ1) is 13.7. The highest BCUT2D eigenvalue weighted by molar-refractivity contribution is 5.75. The molecule has 0 radical (unpaired) electrons. The van der Waals surface area contributed by atoms with Crippen LogP contribution in [-0.4, -0.2) is 31.7 Å². The highest BCUT2D eigenvalue weighted by atomic mass is 16.3. The smallest absolute Gasteiger partial charge is 0.318 e. The second-order valence-corrected chi connectivity index (χ2v) is 5.41. The van der Waals surface area contributed by atoms with Gasteiger partial charge in [-0.3, -0.25) is 0 Å². The molecule has 112 valence electrons. The van der Waals surface area contributed by atoms with E-state index >= 15 is 0 Å². The Kier molecular flexibility index (Phi) is 3.64. The van der Waals surface area contributed by atoms with Crippen LogP contribution in [0, 0.1) is 0 Å². The van der Waals surface area contributed by atoms with Gasteiger partial charge >= 0.3 is 6.03 Å². The normalized spacial score (nSPS) is 15.7. The third kappa shape index (κ3) is 3.07. The molecule has 2 heterocycles. The van der Waals surface area contributed by atoms with Gasteiger partial charge in [-0.1, -0.05) is 0 Å². The molecule has 1 saturated carbocycles. The van der Waals surface area contributed by atoms with E-state index in [0.717, 1.165) is 24.4 Å². The van der Waals surface area contributed by atoms with Crippen LogP contribution >= 0.6 is 0 Å². The standard InChI is InChI=1S/C14H19N5O2/c1-10(13-17-15-9-18(13)2)16-14(20)19(11-5-6-11)8-12-4-3-7-21-12/h3-4,7,9-11H,5-6,8H2,1-2H3,(H,16,20)/t10-/m0/s1. The number of furan rings is 1. The van der Waals surface area contributed by atoms with Gasteiger partial charge in [0.25, 0.3) is 0 Å². The number of hydrogen-bond acceptors (Lipinski definition) is 4. The molecule has 0 unspecified atom stereocenters. The molecule has 2 aromatic rings. The van der Waals surface area contributed by atoms with Crippen LogP contribution < -0.4 is 5.32 Å². The van der Waals surface area contributed by atoms with Crippen molar-refractivity contribution in [2.45, 2.75) is 38.4 Å². The summed E-state index contributed by atoms with van der Waals surface area (Å²) in [5.74, 6) is 1.53. The maximum Gasteiger partial charge on any atom is 0.318 e. The van der Waals surface area contributed by atoms with Crippen LogP contribution in [-0.2, 0) is 13.6 Å². The lowest BCUT2D eigenvalue weighted by Gasteiger charge is -2.24. The van der Waals surface area contributed by atoms with Crippen molar-refractivity contribution in [2.24, 2.45) is 7.05 Å². The summed E-state index contributed by atoms with van der Waals surface area (Å²) in [5.41, 5.74) is 0. The second kappa shape index (κ2) is 5.59. The molecular formula is C14H19N5O2. The maximum absolute atomic E-state index is 12.5. The summed E-state index contributed by atoms with van der Waals surface area (Å²) in [4.78, 5) is 14.3. The van der Waals surface area contributed by atoms with Gasteiger partial charge in [0.15, 0.2) is 5.82 Å². The highest BCUT2D eigenvalue weighted by Crippen LogP contribution is 2.28. The Morgan fingerprint density at radius 1 is 1.62 bits per heavy atom. The van der Waals surface area contributed by atoms with Crippen LogP contribution in [0.1, 0.15) is 37.4 Å². The van der Waals surface area contributed by atoms with E-state index in [2.05, 4.69) is 15.5 Å². The lowest BCUT2D eigenvalue weighted by atomic mass is 10.3. The number of nitrogens with one attached hydrogen (secondary N) is 1. The van der Waals surface area contributed by atoms with Gasteiger partial charge in [-0.15, -0.1) is 10.2 Å². The average Bonchev–Trinajstić information content (AvgIpc) is 2.98. The minimum atomic E-state index is -0.192. The van der Waals surface area contributed by atoms with Gasteiger partial charge in [0.1, 0.15) is 12.1 Å². The molecule has 21 heavy (non-hydrogen) atoms. The molecule has 1 N–H and O–H groups in total. The zero-order valence-electron chi connectivity index (χ0n) is 12.2. The van der Waals surface area contributed by atoms with Gasteiger partial charge in [-0.05, 0) is 31.9 Å². The van der Waals surface area contributed by atoms with E-state index in [1.165, 1.54) is 0 Å². The largest absolute Gasteiger partial charge is 0.467 e. The minimum Gasteiger partial charge on any atom is -0.467 e. The fourth-order valence-corrected chi connectivity index (χ4v) is 2.34. The number of rotatable bonds is 5. The number of aryl methyl sites for hydroxylation is 1. The predicted molar refractivity (Wildman–Crippen MR) is 75.2 cm³/mol. The van der Waals surface area contributed by atoms with Crippen LogP contribution in [0.5, 0.6) is 0 Å². The zero-order valence-corrected chi connectivity index (χ0v) is 12.2. The van der Waals surface area contributed by atoms with E-state index in [4.69, 9.17) is 4.42 Å². The number of aromatic nitrogens is 3. The molecule has 7 nitrogen and oxygen atoms in total. The van der Waals surface area contributed by atoms with Crippen LogP contribution in [0.15, 0.2) is 29.1 Å². The number of amides is 2. The molecule has 0 bridgehead atoms. The molecule has 1 aliphatic carbocycles. The molecule has 1 atom stereocenters. The second-order valence-electron chi connectivity index (χ2n) is 5.41. The first-order valence-corrected chi connectivity index (χ1v) is 7.08. The number of nitrogens with zero attached hydrogens (tertiary/aromatic N) is 4. The fourth-order valence-electron chi connectivity index (χ4n) is 2.34. The Balaban J connectivity index is 1.66. The van der Waals surface area contributed by atoms with Gasteiger partial charge < -0.3 is 19.2 Å². The summed E-state index contributed by atoms with van der Waals surface area (Å²) in [6.45, 7) is 2.40. The van der Waals surface area contributed by atoms with E-state index in [0.29, 0.717) is 12.6 Å². The quantitative estimate of drug-likeness (QED) is 0.911. The third-order valence-electron chi connectivity index (χ3n) is 3.63. The topological polar surface area (TPSA) is 76.2 Å². The number of carbonyl (C=O) groups excluding carboxylic acids is 1. The molecule has 1 fully saturated rings. The molecule has 0 spiro atoms. The molecule has 0 saturated heterocycles. The van der Waals surface area contributed by atoms with E-state index in [-0.39, 0.29) is 12.1 Å². The SMILES string of the molecule is C[C@H](NC(=O)N(Cc1ccco1)C1CC1)c1nncn1C. The van der Waals surface area contributed by atoms with Crippen molar-refractivity contribution in [1.82, 2.24) is 25.0 Å². The molecule has 2 aromatic heterocycles. The zero-order chi connectivity index (χ0) is 14.8. The first-order chi connectivity index (χ1) is 10.1. The predicted octanol–water partition coefficient (Wildman–Crippen LogP) is 1.84. The van der Waals surface area contributed by atoms with Crippen LogP contribution in [0.2, 0.25) is 0 Å². The van der Waals surface area contributed by atoms with Crippen LogP contribution in [0.3, 0.4) is 0 Å². The molecule has 1 aliphatic rings. The Bertz CT molecular complexity index is 603. The molecule has 2 amide bonds. The molecule has 3 rings (SSSR count). The molecule has 7 heteroatoms. The number of hydrogen-bond donors (Lipinski definition) is 1. The monoisotopic (exact) mass is 289 g/mol. The van der Waals surface area contributed by atoms with Crippen molar-refractivity contribution >= 4 is 6.03 Å². The number of carbonyl (C=O) groups is 1. The van der Waals surface area contributed by atoms with Gasteiger partial charge in [-0.2, -0.15) is 0 Å². The van der Waals surface area contributed by atoms with Crippen molar-refractivity contribution in [1.29, 1.82) is 0 Å². The van der Waals surface area contributed by atoms with Crippen molar-refractivity contribution < 1.29 is 9.21 Å². The summed E-state index contributed by atoms with van der Waals surface area (Å²) < 4.78 is 7.14. The van der Waals surface area contributed by atoms with Gasteiger partial charge in [0.05, 0.1) is 18.8 Å². The van der Waals surface area contributed by atoms with Gasteiger partial charge in [0.2, 0.25) is 0 Å². The maximum atomic E-state index is 12.5. The Morgan fingerprint density at radius 2 is 2.43 bits per heavy atom. The van der Waals surface area contributed by atoms with E-state index in [9.17, 15) is 4.79 Å². The van der Waals surface area contributed by atoms with Crippen molar-refractivity contribution in [3.05, 3.63) is 36.3 Å². The summed E-state index contributed by atoms with van der Waals surface area (Å²) in [5, 5.41) is 10.8. The Morgan fingerprint density at radius 3 is 3.00 bits per heavy atom. The van der Waals surface area contributed by atoms with E-state index in [1.54, 1.807) is 17.2 Å². The lowest BCUT2D eigenvalue weighted by molar-refractivity contribution is 0.183. The number of urea groups is 1. The highest BCUT2D eigenvalue weighted by Gasteiger charge is 2.34. The third-order valence-corrected chi connectivity index (χ3v) is 3.63. The summed E-state index contributed by atoms with van der Waals surface area (Å²) >= 11 is 0. The summed E-state index contributed by atoms with van der Waals surface area (Å²) in [7, 11) is 1.86. The lowest BCUT2D eigenvalue weighted by Crippen LogP contribution is -2.42. The Labute approximate surface area is 122 Å². The molecule has 0 aliphatic heterocycles. The molecular weight excluding hydrogens is 270 g/mol. The summed E-state index contributed by atoms with van der Waals surface area (Å²) in [6.07, 6.45) is 5.35. The minimum absolute atomic E-state index is 0.0931. The first-order valence-electron chi connectivity index (χ1n) is 7.08. The van der Waals surface area contributed by atoms with Crippen molar-refractivity contribution in [2.75, 3.05) is 0 Å². The van der Waals surface area contributed by atoms with Crippen LogP contribution in [0.4, 0.5) is 4.79 Å².